The molecule has 2 aromatic heterocycles. The van der Waals surface area contributed by atoms with Gasteiger partial charge in [0.05, 0.1) is 37.3 Å². The van der Waals surface area contributed by atoms with Crippen LogP contribution in [0.2, 0.25) is 0 Å². The molecule has 0 saturated carbocycles. The number of carbonyl (C=O) groups is 1. The number of hydrogen-bond acceptors (Lipinski definition) is 7. The number of carbonyl (C=O) groups excluding carboxylic acids is 1. The van der Waals surface area contributed by atoms with Gasteiger partial charge >= 0.3 is 0 Å². The van der Waals surface area contributed by atoms with E-state index in [-0.39, 0.29) is 17.6 Å². The van der Waals surface area contributed by atoms with Crippen molar-refractivity contribution in [1.82, 2.24) is 14.8 Å². The highest BCUT2D eigenvalue weighted by Crippen LogP contribution is 2.29. The fraction of sp³-hybridized carbons (Fsp3) is 0.381. The van der Waals surface area contributed by atoms with Crippen LogP contribution < -0.4 is 4.74 Å². The number of methoxy groups -OCH3 is 1. The van der Waals surface area contributed by atoms with Gasteiger partial charge in [0.1, 0.15) is 11.5 Å². The van der Waals surface area contributed by atoms with Gasteiger partial charge in [0.15, 0.2) is 16.8 Å². The van der Waals surface area contributed by atoms with E-state index in [9.17, 15) is 4.79 Å². The molecule has 8 heteroatoms. The average Bonchev–Trinajstić information content (AvgIpc) is 3.48. The third-order valence-corrected chi connectivity index (χ3v) is 5.92. The minimum atomic E-state index is 0.0154. The molecule has 1 aliphatic heterocycles. The molecule has 0 N–H and O–H groups in total. The molecular formula is C21H23N3O4S. The summed E-state index contributed by atoms with van der Waals surface area (Å²) in [6, 6.07) is 9.07. The fourth-order valence-electron chi connectivity index (χ4n) is 3.38. The monoisotopic (exact) mass is 413 g/mol. The Kier molecular flexibility index (Phi) is 6.01. The first-order valence-corrected chi connectivity index (χ1v) is 10.5. The highest BCUT2D eigenvalue weighted by molar-refractivity contribution is 7.99. The predicted molar refractivity (Wildman–Crippen MR) is 109 cm³/mol. The molecule has 3 heterocycles. The highest BCUT2D eigenvalue weighted by atomic mass is 32.2. The second-order valence-electron chi connectivity index (χ2n) is 6.89. The van der Waals surface area contributed by atoms with E-state index in [4.69, 9.17) is 13.9 Å². The lowest BCUT2D eigenvalue weighted by Gasteiger charge is -2.14. The Labute approximate surface area is 173 Å². The van der Waals surface area contributed by atoms with Crippen LogP contribution >= 0.6 is 11.8 Å². The summed E-state index contributed by atoms with van der Waals surface area (Å²) in [4.78, 5) is 12.7. The van der Waals surface area contributed by atoms with Crippen molar-refractivity contribution in [3.05, 3.63) is 47.9 Å². The van der Waals surface area contributed by atoms with E-state index in [1.807, 2.05) is 29.7 Å². The summed E-state index contributed by atoms with van der Waals surface area (Å²) in [5, 5.41) is 9.44. The summed E-state index contributed by atoms with van der Waals surface area (Å²) in [7, 11) is 1.59. The molecule has 0 amide bonds. The third-order valence-electron chi connectivity index (χ3n) is 4.95. The van der Waals surface area contributed by atoms with Crippen molar-refractivity contribution >= 4 is 17.5 Å². The van der Waals surface area contributed by atoms with Gasteiger partial charge in [0.2, 0.25) is 0 Å². The summed E-state index contributed by atoms with van der Waals surface area (Å²) in [5.41, 5.74) is 1.52. The molecule has 1 unspecified atom stereocenters. The number of nitrogens with zero attached hydrogens (tertiary/aromatic N) is 3. The maximum absolute atomic E-state index is 12.7. The number of rotatable bonds is 8. The summed E-state index contributed by atoms with van der Waals surface area (Å²) in [5.74, 6) is 2.47. The molecule has 152 valence electrons. The Balaban J connectivity index is 1.55. The molecule has 4 rings (SSSR count). The lowest BCUT2D eigenvalue weighted by atomic mass is 10.1. The van der Waals surface area contributed by atoms with Crippen LogP contribution in [0.3, 0.4) is 0 Å². The Morgan fingerprint density at radius 3 is 2.97 bits per heavy atom. The van der Waals surface area contributed by atoms with Gasteiger partial charge in [0, 0.05) is 12.2 Å². The molecule has 29 heavy (non-hydrogen) atoms. The van der Waals surface area contributed by atoms with E-state index in [1.54, 1.807) is 25.5 Å². The van der Waals surface area contributed by atoms with Gasteiger partial charge in [0.25, 0.3) is 0 Å². The third kappa shape index (κ3) is 4.38. The molecule has 1 saturated heterocycles. The molecule has 0 bridgehead atoms. The quantitative estimate of drug-likeness (QED) is 0.408. The smallest absolute Gasteiger partial charge is 0.192 e. The van der Waals surface area contributed by atoms with E-state index in [2.05, 4.69) is 10.2 Å². The van der Waals surface area contributed by atoms with Crippen LogP contribution in [0.15, 0.2) is 46.2 Å². The average molecular weight is 413 g/mol. The Morgan fingerprint density at radius 2 is 2.24 bits per heavy atom. The summed E-state index contributed by atoms with van der Waals surface area (Å²) in [6.07, 6.45) is 3.85. The topological polar surface area (TPSA) is 79.4 Å². The van der Waals surface area contributed by atoms with Gasteiger partial charge < -0.3 is 13.9 Å². The van der Waals surface area contributed by atoms with Gasteiger partial charge in [-0.25, -0.2) is 0 Å². The normalized spacial score (nSPS) is 16.3. The molecular weight excluding hydrogens is 390 g/mol. The zero-order chi connectivity index (χ0) is 20.2. The standard InChI is InChI=1S/C21H23N3O4S/c1-14-18(8-10-27-14)20-22-23-21(24(20)12-17-7-4-9-28-17)29-13-19(25)15-5-3-6-16(11-15)26-2/h3,5-6,8,10-11,17H,4,7,9,12-13H2,1-2H3. The second-order valence-corrected chi connectivity index (χ2v) is 7.83. The van der Waals surface area contributed by atoms with Gasteiger partial charge in [-0.2, -0.15) is 0 Å². The highest BCUT2D eigenvalue weighted by Gasteiger charge is 2.23. The van der Waals surface area contributed by atoms with Crippen LogP contribution in [-0.2, 0) is 11.3 Å². The van der Waals surface area contributed by atoms with Crippen LogP contribution in [0.25, 0.3) is 11.4 Å². The molecule has 7 nitrogen and oxygen atoms in total. The Hall–Kier alpha value is -2.58. The number of furan rings is 1. The summed E-state index contributed by atoms with van der Waals surface area (Å²) >= 11 is 1.38. The van der Waals surface area contributed by atoms with E-state index < -0.39 is 0 Å². The predicted octanol–water partition coefficient (Wildman–Crippen LogP) is 4.01. The van der Waals surface area contributed by atoms with Gasteiger partial charge in [-0.05, 0) is 38.0 Å². The molecule has 1 fully saturated rings. The van der Waals surface area contributed by atoms with Gasteiger partial charge in [-0.1, -0.05) is 23.9 Å². The van der Waals surface area contributed by atoms with Crippen molar-refractivity contribution in [2.24, 2.45) is 0 Å². The van der Waals surface area contributed by atoms with Crippen molar-refractivity contribution in [2.75, 3.05) is 19.5 Å². The van der Waals surface area contributed by atoms with Crippen molar-refractivity contribution in [1.29, 1.82) is 0 Å². The first-order valence-electron chi connectivity index (χ1n) is 9.55. The van der Waals surface area contributed by atoms with Crippen molar-refractivity contribution in [2.45, 2.75) is 37.6 Å². The largest absolute Gasteiger partial charge is 0.497 e. The molecule has 1 aromatic carbocycles. The van der Waals surface area contributed by atoms with E-state index in [1.165, 1.54) is 11.8 Å². The minimum Gasteiger partial charge on any atom is -0.497 e. The first-order chi connectivity index (χ1) is 14.2. The fourth-order valence-corrected chi connectivity index (χ4v) is 4.22. The number of benzene rings is 1. The van der Waals surface area contributed by atoms with E-state index >= 15 is 0 Å². The van der Waals surface area contributed by atoms with Crippen LogP contribution in [0, 0.1) is 6.92 Å². The van der Waals surface area contributed by atoms with E-state index in [0.717, 1.165) is 36.6 Å². The molecule has 0 radical (unpaired) electrons. The number of ether oxygens (including phenoxy) is 2. The second kappa shape index (κ2) is 8.84. The zero-order valence-electron chi connectivity index (χ0n) is 16.5. The van der Waals surface area contributed by atoms with E-state index in [0.29, 0.717) is 23.0 Å². The Bertz CT molecular complexity index is 991. The summed E-state index contributed by atoms with van der Waals surface area (Å²) in [6.45, 7) is 3.34. The molecule has 1 aliphatic rings. The van der Waals surface area contributed by atoms with Gasteiger partial charge in [-0.3, -0.25) is 9.36 Å². The maximum Gasteiger partial charge on any atom is 0.192 e. The lowest BCUT2D eigenvalue weighted by molar-refractivity contribution is 0.0953. The maximum atomic E-state index is 12.7. The van der Waals surface area contributed by atoms with Crippen molar-refractivity contribution < 1.29 is 18.7 Å². The zero-order valence-corrected chi connectivity index (χ0v) is 17.3. The number of aryl methyl sites for hydroxylation is 1. The molecule has 1 atom stereocenters. The van der Waals surface area contributed by atoms with Gasteiger partial charge in [-0.15, -0.1) is 10.2 Å². The molecule has 0 spiro atoms. The molecule has 3 aromatic rings. The lowest BCUT2D eigenvalue weighted by Crippen LogP contribution is -2.17. The van der Waals surface area contributed by atoms with Crippen molar-refractivity contribution in [3.8, 4) is 17.1 Å². The Morgan fingerprint density at radius 1 is 1.34 bits per heavy atom. The summed E-state index contributed by atoms with van der Waals surface area (Å²) < 4.78 is 18.5. The van der Waals surface area contributed by atoms with Crippen LogP contribution in [0.1, 0.15) is 29.0 Å². The van der Waals surface area contributed by atoms with Crippen LogP contribution in [0.5, 0.6) is 5.75 Å². The number of thioether (sulfide) groups is 1. The van der Waals surface area contributed by atoms with Crippen LogP contribution in [0.4, 0.5) is 0 Å². The first kappa shape index (κ1) is 19.7. The number of hydrogen-bond donors (Lipinski definition) is 0. The van der Waals surface area contributed by atoms with Crippen molar-refractivity contribution in [3.63, 3.8) is 0 Å². The number of Topliss-reactive ketones (excluding diaryl/α,β-unsaturated/α-hetero) is 1. The number of aromatic nitrogens is 3. The number of ketones is 1. The molecule has 0 aliphatic carbocycles. The SMILES string of the molecule is COc1cccc(C(=O)CSc2nnc(-c3ccoc3C)n2CC2CCCO2)c1. The minimum absolute atomic E-state index is 0.0154. The van der Waals surface area contributed by atoms with Crippen LogP contribution in [-0.4, -0.2) is 46.1 Å².